The summed E-state index contributed by atoms with van der Waals surface area (Å²) >= 11 is 6.06. The number of para-hydroxylation sites is 1. The third-order valence-electron chi connectivity index (χ3n) is 4.11. The van der Waals surface area contributed by atoms with Gasteiger partial charge in [0.2, 0.25) is 10.0 Å². The molecule has 8 heteroatoms. The Hall–Kier alpha value is -1.31. The summed E-state index contributed by atoms with van der Waals surface area (Å²) in [6.07, 6.45) is 0.823. The van der Waals surface area contributed by atoms with Crippen molar-refractivity contribution < 1.29 is 13.2 Å². The van der Waals surface area contributed by atoms with E-state index in [4.69, 9.17) is 16.3 Å². The summed E-state index contributed by atoms with van der Waals surface area (Å²) in [5.41, 5.74) is 0. The summed E-state index contributed by atoms with van der Waals surface area (Å²) in [6.45, 7) is 1.53. The highest BCUT2D eigenvalue weighted by Gasteiger charge is 2.29. The van der Waals surface area contributed by atoms with Gasteiger partial charge in [-0.3, -0.25) is 0 Å². The minimum absolute atomic E-state index is 0. The summed E-state index contributed by atoms with van der Waals surface area (Å²) in [5, 5.41) is 3.68. The zero-order chi connectivity index (χ0) is 17.2. The molecule has 0 aliphatic carbocycles. The van der Waals surface area contributed by atoms with Crippen molar-refractivity contribution in [3.63, 3.8) is 0 Å². The van der Waals surface area contributed by atoms with Crippen molar-refractivity contribution in [1.29, 1.82) is 0 Å². The van der Waals surface area contributed by atoms with Crippen molar-refractivity contribution in [3.8, 4) is 11.5 Å². The summed E-state index contributed by atoms with van der Waals surface area (Å²) in [7, 11) is -1.88. The topological polar surface area (TPSA) is 58.6 Å². The van der Waals surface area contributed by atoms with Gasteiger partial charge in [0.05, 0.1) is 9.92 Å². The number of likely N-dealkylation sites (N-methyl/N-ethyl adjacent to an activating group) is 1. The molecule has 1 aliphatic rings. The van der Waals surface area contributed by atoms with Crippen LogP contribution in [-0.4, -0.2) is 38.9 Å². The third kappa shape index (κ3) is 4.46. The van der Waals surface area contributed by atoms with Crippen LogP contribution in [0.3, 0.4) is 0 Å². The predicted octanol–water partition coefficient (Wildman–Crippen LogP) is 3.54. The number of sulfonamides is 1. The van der Waals surface area contributed by atoms with Crippen LogP contribution in [0, 0.1) is 0 Å². The first-order chi connectivity index (χ1) is 11.5. The van der Waals surface area contributed by atoms with E-state index in [9.17, 15) is 8.42 Å². The number of nitrogens with zero attached hydrogens (tertiary/aromatic N) is 1. The van der Waals surface area contributed by atoms with Gasteiger partial charge in [0.15, 0.2) is 0 Å². The van der Waals surface area contributed by atoms with Gasteiger partial charge in [-0.05, 0) is 49.4 Å². The van der Waals surface area contributed by atoms with Gasteiger partial charge in [-0.2, -0.15) is 4.31 Å². The Labute approximate surface area is 159 Å². The normalized spacial score (nSPS) is 17.3. The fourth-order valence-electron chi connectivity index (χ4n) is 2.65. The number of hydrogen-bond acceptors (Lipinski definition) is 4. The highest BCUT2D eigenvalue weighted by atomic mass is 35.5. The molecule has 0 amide bonds. The molecule has 0 bridgehead atoms. The fraction of sp³-hybridized carbons (Fsp3) is 0.294. The average molecular weight is 403 g/mol. The Morgan fingerprint density at radius 2 is 1.84 bits per heavy atom. The number of ether oxygens (including phenoxy) is 1. The SMILES string of the molecule is CN(C1CCNC1)S(=O)(=O)c1ccc(Oc2ccccc2Cl)cc1.Cl. The lowest BCUT2D eigenvalue weighted by Crippen LogP contribution is -2.38. The van der Waals surface area contributed by atoms with Crippen molar-refractivity contribution in [1.82, 2.24) is 9.62 Å². The number of nitrogens with one attached hydrogen (secondary N) is 1. The molecular formula is C17H20Cl2N2O3S. The summed E-state index contributed by atoms with van der Waals surface area (Å²) in [5.74, 6) is 1.07. The van der Waals surface area contributed by atoms with E-state index in [0.29, 0.717) is 23.1 Å². The lowest BCUT2D eigenvalue weighted by molar-refractivity contribution is 0.387. The van der Waals surface area contributed by atoms with E-state index in [1.165, 1.54) is 4.31 Å². The van der Waals surface area contributed by atoms with Crippen molar-refractivity contribution in [2.24, 2.45) is 0 Å². The van der Waals surface area contributed by atoms with Crippen LogP contribution in [0.2, 0.25) is 5.02 Å². The van der Waals surface area contributed by atoms with E-state index < -0.39 is 10.0 Å². The predicted molar refractivity (Wildman–Crippen MR) is 101 cm³/mol. The third-order valence-corrected chi connectivity index (χ3v) is 6.35. The fourth-order valence-corrected chi connectivity index (χ4v) is 4.21. The quantitative estimate of drug-likeness (QED) is 0.830. The van der Waals surface area contributed by atoms with Crippen LogP contribution in [0.15, 0.2) is 53.4 Å². The van der Waals surface area contributed by atoms with Gasteiger partial charge in [0.1, 0.15) is 11.5 Å². The van der Waals surface area contributed by atoms with Gasteiger partial charge in [0, 0.05) is 19.6 Å². The molecule has 1 saturated heterocycles. The lowest BCUT2D eigenvalue weighted by atomic mass is 10.3. The highest BCUT2D eigenvalue weighted by molar-refractivity contribution is 7.89. The van der Waals surface area contributed by atoms with Crippen molar-refractivity contribution in [2.45, 2.75) is 17.4 Å². The van der Waals surface area contributed by atoms with Gasteiger partial charge in [-0.15, -0.1) is 12.4 Å². The minimum Gasteiger partial charge on any atom is -0.456 e. The maximum Gasteiger partial charge on any atom is 0.243 e. The van der Waals surface area contributed by atoms with E-state index in [0.717, 1.165) is 13.0 Å². The van der Waals surface area contributed by atoms with Gasteiger partial charge in [-0.1, -0.05) is 23.7 Å². The summed E-state index contributed by atoms with van der Waals surface area (Å²) < 4.78 is 32.5. The molecule has 1 heterocycles. The summed E-state index contributed by atoms with van der Waals surface area (Å²) in [4.78, 5) is 0.253. The van der Waals surface area contributed by atoms with Crippen LogP contribution in [0.25, 0.3) is 0 Å². The van der Waals surface area contributed by atoms with Crippen LogP contribution in [0.1, 0.15) is 6.42 Å². The molecule has 0 aromatic heterocycles. The van der Waals surface area contributed by atoms with Gasteiger partial charge >= 0.3 is 0 Å². The zero-order valence-electron chi connectivity index (χ0n) is 13.7. The standard InChI is InChI=1S/C17H19ClN2O3S.ClH/c1-20(13-10-11-19-12-13)24(21,22)15-8-6-14(7-9-15)23-17-5-3-2-4-16(17)18;/h2-9,13,19H,10-12H2,1H3;1H. The second kappa shape index (κ2) is 8.38. The molecule has 1 N–H and O–H groups in total. The number of rotatable bonds is 5. The highest BCUT2D eigenvalue weighted by Crippen LogP contribution is 2.30. The monoisotopic (exact) mass is 402 g/mol. The molecule has 1 atom stereocenters. The number of halogens is 2. The van der Waals surface area contributed by atoms with Gasteiger partial charge in [0.25, 0.3) is 0 Å². The molecule has 5 nitrogen and oxygen atoms in total. The van der Waals surface area contributed by atoms with E-state index in [-0.39, 0.29) is 23.3 Å². The van der Waals surface area contributed by atoms with Crippen LogP contribution >= 0.6 is 24.0 Å². The Bertz CT molecular complexity index is 807. The van der Waals surface area contributed by atoms with E-state index in [1.54, 1.807) is 43.4 Å². The summed E-state index contributed by atoms with van der Waals surface area (Å²) in [6, 6.07) is 13.5. The van der Waals surface area contributed by atoms with Crippen LogP contribution in [0.4, 0.5) is 0 Å². The van der Waals surface area contributed by atoms with Crippen LogP contribution in [-0.2, 0) is 10.0 Å². The molecule has 0 radical (unpaired) electrons. The maximum atomic E-state index is 12.7. The van der Waals surface area contributed by atoms with Crippen LogP contribution < -0.4 is 10.1 Å². The molecule has 2 aromatic carbocycles. The Morgan fingerprint density at radius 1 is 1.16 bits per heavy atom. The molecule has 0 spiro atoms. The molecule has 25 heavy (non-hydrogen) atoms. The van der Waals surface area contributed by atoms with E-state index in [1.807, 2.05) is 12.1 Å². The Balaban J connectivity index is 0.00000225. The van der Waals surface area contributed by atoms with Crippen LogP contribution in [0.5, 0.6) is 11.5 Å². The second-order valence-electron chi connectivity index (χ2n) is 5.67. The molecule has 136 valence electrons. The molecule has 1 aliphatic heterocycles. The van der Waals surface area contributed by atoms with E-state index >= 15 is 0 Å². The molecular weight excluding hydrogens is 383 g/mol. The molecule has 3 rings (SSSR count). The zero-order valence-corrected chi connectivity index (χ0v) is 16.1. The Kier molecular flexibility index (Phi) is 6.71. The average Bonchev–Trinajstić information content (AvgIpc) is 3.11. The lowest BCUT2D eigenvalue weighted by Gasteiger charge is -2.23. The molecule has 0 saturated carbocycles. The smallest absolute Gasteiger partial charge is 0.243 e. The largest absolute Gasteiger partial charge is 0.456 e. The van der Waals surface area contributed by atoms with E-state index in [2.05, 4.69) is 5.32 Å². The van der Waals surface area contributed by atoms with Gasteiger partial charge in [-0.25, -0.2) is 8.42 Å². The second-order valence-corrected chi connectivity index (χ2v) is 8.08. The number of hydrogen-bond donors (Lipinski definition) is 1. The molecule has 1 fully saturated rings. The van der Waals surface area contributed by atoms with Crippen molar-refractivity contribution in [3.05, 3.63) is 53.6 Å². The number of benzene rings is 2. The maximum absolute atomic E-state index is 12.7. The Morgan fingerprint density at radius 3 is 2.44 bits per heavy atom. The molecule has 2 aromatic rings. The molecule has 1 unspecified atom stereocenters. The van der Waals surface area contributed by atoms with Gasteiger partial charge < -0.3 is 10.1 Å². The van der Waals surface area contributed by atoms with Crippen molar-refractivity contribution in [2.75, 3.05) is 20.1 Å². The minimum atomic E-state index is -3.51. The first kappa shape index (κ1) is 20.0. The first-order valence-electron chi connectivity index (χ1n) is 7.69. The first-order valence-corrected chi connectivity index (χ1v) is 9.51. The van der Waals surface area contributed by atoms with Crippen molar-refractivity contribution >= 4 is 34.0 Å².